The van der Waals surface area contributed by atoms with Gasteiger partial charge in [0.15, 0.2) is 5.75 Å². The van der Waals surface area contributed by atoms with Gasteiger partial charge in [0, 0.05) is 13.2 Å². The summed E-state index contributed by atoms with van der Waals surface area (Å²) in [6.45, 7) is 2.23. The van der Waals surface area contributed by atoms with Crippen LogP contribution in [0.1, 0.15) is 28.7 Å². The molecule has 2 rings (SSSR count). The van der Waals surface area contributed by atoms with Crippen molar-refractivity contribution in [2.75, 3.05) is 0 Å². The Morgan fingerprint density at radius 2 is 2.30 bits per heavy atom. The van der Waals surface area contributed by atoms with Gasteiger partial charge in [0.1, 0.15) is 12.2 Å². The van der Waals surface area contributed by atoms with Crippen molar-refractivity contribution in [3.63, 3.8) is 0 Å². The number of aryl methyl sites for hydroxylation is 2. The van der Waals surface area contributed by atoms with Crippen LogP contribution in [0.15, 0.2) is 22.9 Å². The van der Waals surface area contributed by atoms with E-state index < -0.39 is 5.97 Å². The first kappa shape index (κ1) is 14.5. The van der Waals surface area contributed by atoms with Crippen LogP contribution < -0.4 is 4.74 Å². The Bertz CT molecular complexity index is 640. The van der Waals surface area contributed by atoms with Gasteiger partial charge in [0.05, 0.1) is 22.1 Å². The summed E-state index contributed by atoms with van der Waals surface area (Å²) in [7, 11) is 1.82. The molecule has 2 heterocycles. The zero-order valence-corrected chi connectivity index (χ0v) is 12.7. The van der Waals surface area contributed by atoms with E-state index >= 15 is 0 Å². The van der Waals surface area contributed by atoms with Crippen molar-refractivity contribution < 1.29 is 14.6 Å². The van der Waals surface area contributed by atoms with Crippen LogP contribution in [0.25, 0.3) is 0 Å². The van der Waals surface area contributed by atoms with Gasteiger partial charge in [-0.05, 0) is 28.4 Å². The van der Waals surface area contributed by atoms with Crippen molar-refractivity contribution in [2.24, 2.45) is 7.05 Å². The highest BCUT2D eigenvalue weighted by molar-refractivity contribution is 9.10. The fourth-order valence-electron chi connectivity index (χ4n) is 1.79. The van der Waals surface area contributed by atoms with Crippen molar-refractivity contribution in [3.8, 4) is 5.75 Å². The lowest BCUT2D eigenvalue weighted by atomic mass is 10.2. The van der Waals surface area contributed by atoms with Gasteiger partial charge in [-0.3, -0.25) is 9.67 Å². The van der Waals surface area contributed by atoms with Crippen LogP contribution in [0.4, 0.5) is 0 Å². The van der Waals surface area contributed by atoms with Crippen molar-refractivity contribution in [1.82, 2.24) is 14.8 Å². The highest BCUT2D eigenvalue weighted by Gasteiger charge is 2.15. The molecule has 106 valence electrons. The first-order valence-electron chi connectivity index (χ1n) is 6.05. The lowest BCUT2D eigenvalue weighted by Crippen LogP contribution is -2.07. The standard InChI is InChI=1S/C13H14BrN3O3/c1-3-9-12(14)10(17(2)16-9)7-20-11-6-15-5-4-8(11)13(18)19/h4-6H,3,7H2,1-2H3,(H,18,19). The third-order valence-corrected chi connectivity index (χ3v) is 3.80. The number of ether oxygens (including phenoxy) is 1. The van der Waals surface area contributed by atoms with Gasteiger partial charge in [0.2, 0.25) is 0 Å². The molecule has 0 saturated heterocycles. The summed E-state index contributed by atoms with van der Waals surface area (Å²) in [6, 6.07) is 1.41. The average Bonchev–Trinajstić information content (AvgIpc) is 2.71. The number of aromatic nitrogens is 3. The summed E-state index contributed by atoms with van der Waals surface area (Å²) in [6.07, 6.45) is 3.63. The SMILES string of the molecule is CCc1nn(C)c(COc2cnccc2C(=O)O)c1Br. The summed E-state index contributed by atoms with van der Waals surface area (Å²) in [4.78, 5) is 15.0. The second-order valence-corrected chi connectivity index (χ2v) is 4.94. The number of hydrogen-bond donors (Lipinski definition) is 1. The summed E-state index contributed by atoms with van der Waals surface area (Å²) >= 11 is 3.49. The van der Waals surface area contributed by atoms with E-state index in [2.05, 4.69) is 26.0 Å². The second kappa shape index (κ2) is 6.04. The van der Waals surface area contributed by atoms with Crippen LogP contribution in [0.3, 0.4) is 0 Å². The van der Waals surface area contributed by atoms with Crippen LogP contribution in [0, 0.1) is 0 Å². The van der Waals surface area contributed by atoms with E-state index in [9.17, 15) is 4.79 Å². The third kappa shape index (κ3) is 2.82. The molecule has 0 aliphatic heterocycles. The lowest BCUT2D eigenvalue weighted by Gasteiger charge is -2.09. The smallest absolute Gasteiger partial charge is 0.339 e. The fraction of sp³-hybridized carbons (Fsp3) is 0.308. The maximum absolute atomic E-state index is 11.1. The predicted octanol–water partition coefficient (Wildman–Crippen LogP) is 2.42. The number of aromatic carboxylic acids is 1. The predicted molar refractivity (Wildman–Crippen MR) is 75.8 cm³/mol. The van der Waals surface area contributed by atoms with Gasteiger partial charge in [0.25, 0.3) is 0 Å². The van der Waals surface area contributed by atoms with Gasteiger partial charge in [-0.2, -0.15) is 5.10 Å². The van der Waals surface area contributed by atoms with E-state index in [1.54, 1.807) is 4.68 Å². The van der Waals surface area contributed by atoms with E-state index in [4.69, 9.17) is 9.84 Å². The van der Waals surface area contributed by atoms with Gasteiger partial charge in [-0.1, -0.05) is 6.92 Å². The number of carbonyl (C=O) groups is 1. The molecule has 7 heteroatoms. The largest absolute Gasteiger partial charge is 0.485 e. The topological polar surface area (TPSA) is 77.2 Å². The lowest BCUT2D eigenvalue weighted by molar-refractivity contribution is 0.0691. The first-order chi connectivity index (χ1) is 9.54. The zero-order valence-electron chi connectivity index (χ0n) is 11.1. The Morgan fingerprint density at radius 1 is 1.55 bits per heavy atom. The normalized spacial score (nSPS) is 10.6. The van der Waals surface area contributed by atoms with E-state index in [1.807, 2.05) is 14.0 Å². The van der Waals surface area contributed by atoms with E-state index in [1.165, 1.54) is 18.5 Å². The number of carboxylic acids is 1. The van der Waals surface area contributed by atoms with Crippen molar-refractivity contribution in [2.45, 2.75) is 20.0 Å². The van der Waals surface area contributed by atoms with Gasteiger partial charge >= 0.3 is 5.97 Å². The number of nitrogens with zero attached hydrogens (tertiary/aromatic N) is 3. The molecule has 6 nitrogen and oxygen atoms in total. The summed E-state index contributed by atoms with van der Waals surface area (Å²) in [5, 5.41) is 13.4. The molecule has 0 amide bonds. The maximum atomic E-state index is 11.1. The summed E-state index contributed by atoms with van der Waals surface area (Å²) < 4.78 is 8.18. The Morgan fingerprint density at radius 3 is 2.90 bits per heavy atom. The molecule has 0 atom stereocenters. The molecule has 2 aromatic heterocycles. The molecule has 0 aromatic carbocycles. The summed E-state index contributed by atoms with van der Waals surface area (Å²) in [5.74, 6) is -0.799. The third-order valence-electron chi connectivity index (χ3n) is 2.88. The quantitative estimate of drug-likeness (QED) is 0.905. The van der Waals surface area contributed by atoms with Gasteiger partial charge in [-0.15, -0.1) is 0 Å². The minimum Gasteiger partial charge on any atom is -0.485 e. The molecule has 0 radical (unpaired) electrons. The molecule has 0 unspecified atom stereocenters. The molecule has 1 N–H and O–H groups in total. The Balaban J connectivity index is 2.21. The zero-order chi connectivity index (χ0) is 14.7. The first-order valence-corrected chi connectivity index (χ1v) is 6.84. The Hall–Kier alpha value is -1.89. The molecule has 20 heavy (non-hydrogen) atoms. The molecule has 2 aromatic rings. The second-order valence-electron chi connectivity index (χ2n) is 4.15. The molecular weight excluding hydrogens is 326 g/mol. The number of halogens is 1. The number of pyridine rings is 1. The number of hydrogen-bond acceptors (Lipinski definition) is 4. The van der Waals surface area contributed by atoms with Crippen LogP contribution in [-0.2, 0) is 20.1 Å². The number of carboxylic acid groups (broad SMARTS) is 1. The minimum absolute atomic E-state index is 0.0917. The molecular formula is C13H14BrN3O3. The van der Waals surface area contributed by atoms with Crippen LogP contribution in [0.5, 0.6) is 5.75 Å². The Labute approximate surface area is 124 Å². The van der Waals surface area contributed by atoms with Crippen molar-refractivity contribution in [3.05, 3.63) is 39.9 Å². The molecule has 0 aliphatic rings. The molecule has 0 aliphatic carbocycles. The van der Waals surface area contributed by atoms with Crippen molar-refractivity contribution in [1.29, 1.82) is 0 Å². The Kier molecular flexibility index (Phi) is 4.39. The average molecular weight is 340 g/mol. The van der Waals surface area contributed by atoms with E-state index in [0.29, 0.717) is 0 Å². The van der Waals surface area contributed by atoms with E-state index in [0.717, 1.165) is 22.3 Å². The maximum Gasteiger partial charge on any atom is 0.339 e. The van der Waals surface area contributed by atoms with Gasteiger partial charge in [-0.25, -0.2) is 4.79 Å². The molecule has 0 spiro atoms. The monoisotopic (exact) mass is 339 g/mol. The highest BCUT2D eigenvalue weighted by atomic mass is 79.9. The van der Waals surface area contributed by atoms with Crippen LogP contribution in [0.2, 0.25) is 0 Å². The highest BCUT2D eigenvalue weighted by Crippen LogP contribution is 2.24. The molecule has 0 bridgehead atoms. The van der Waals surface area contributed by atoms with Crippen LogP contribution >= 0.6 is 15.9 Å². The van der Waals surface area contributed by atoms with E-state index in [-0.39, 0.29) is 17.9 Å². The molecule has 0 saturated carbocycles. The fourth-order valence-corrected chi connectivity index (χ4v) is 2.53. The van der Waals surface area contributed by atoms with Crippen LogP contribution in [-0.4, -0.2) is 25.8 Å². The summed E-state index contributed by atoms with van der Waals surface area (Å²) in [5.41, 5.74) is 1.88. The van der Waals surface area contributed by atoms with Crippen molar-refractivity contribution >= 4 is 21.9 Å². The molecule has 0 fully saturated rings. The van der Waals surface area contributed by atoms with Gasteiger partial charge < -0.3 is 9.84 Å². The minimum atomic E-state index is -1.04. The number of rotatable bonds is 5.